The average molecular weight is 284 g/mol. The Kier molecular flexibility index (Phi) is 4.74. The van der Waals surface area contributed by atoms with Gasteiger partial charge in [-0.25, -0.2) is 4.79 Å². The van der Waals surface area contributed by atoms with E-state index in [-0.39, 0.29) is 6.61 Å². The molecule has 2 rings (SSSR count). The van der Waals surface area contributed by atoms with E-state index in [2.05, 4.69) is 0 Å². The van der Waals surface area contributed by atoms with E-state index in [4.69, 9.17) is 14.9 Å². The summed E-state index contributed by atoms with van der Waals surface area (Å²) < 4.78 is 5.79. The summed E-state index contributed by atoms with van der Waals surface area (Å²) in [5.41, 5.74) is 2.52. The molecule has 2 aromatic carbocycles. The van der Waals surface area contributed by atoms with E-state index in [1.165, 1.54) is 6.08 Å². The van der Waals surface area contributed by atoms with Crippen LogP contribution >= 0.6 is 0 Å². The first-order valence-electron chi connectivity index (χ1n) is 6.48. The highest BCUT2D eigenvalue weighted by atomic mass is 16.5. The first kappa shape index (κ1) is 14.8. The SMILES string of the molecule is Cc1ccc(/C=C/C(=O)O)cc1Oc1ccc(CO)cc1. The van der Waals surface area contributed by atoms with Gasteiger partial charge in [-0.3, -0.25) is 0 Å². The van der Waals surface area contributed by atoms with Crippen LogP contribution in [0.1, 0.15) is 16.7 Å². The Labute approximate surface area is 122 Å². The molecule has 0 saturated heterocycles. The summed E-state index contributed by atoms with van der Waals surface area (Å²) in [6.45, 7) is 1.91. The number of benzene rings is 2. The van der Waals surface area contributed by atoms with E-state index in [1.807, 2.05) is 19.1 Å². The molecule has 0 bridgehead atoms. The molecule has 0 amide bonds. The molecule has 21 heavy (non-hydrogen) atoms. The molecule has 0 aliphatic carbocycles. The van der Waals surface area contributed by atoms with Crippen LogP contribution in [-0.2, 0) is 11.4 Å². The van der Waals surface area contributed by atoms with Crippen molar-refractivity contribution >= 4 is 12.0 Å². The molecule has 0 aliphatic heterocycles. The maximum Gasteiger partial charge on any atom is 0.328 e. The highest BCUT2D eigenvalue weighted by Crippen LogP contribution is 2.26. The van der Waals surface area contributed by atoms with Gasteiger partial charge in [0.1, 0.15) is 11.5 Å². The summed E-state index contributed by atoms with van der Waals surface area (Å²) in [6, 6.07) is 12.6. The van der Waals surface area contributed by atoms with Gasteiger partial charge in [-0.1, -0.05) is 24.3 Å². The van der Waals surface area contributed by atoms with Crippen molar-refractivity contribution in [2.75, 3.05) is 0 Å². The minimum atomic E-state index is -0.988. The molecule has 4 heteroatoms. The summed E-state index contributed by atoms with van der Waals surface area (Å²) in [5, 5.41) is 17.7. The highest BCUT2D eigenvalue weighted by Gasteiger charge is 2.03. The zero-order valence-electron chi connectivity index (χ0n) is 11.6. The highest BCUT2D eigenvalue weighted by molar-refractivity contribution is 5.85. The lowest BCUT2D eigenvalue weighted by molar-refractivity contribution is -0.131. The minimum absolute atomic E-state index is 0.00518. The topological polar surface area (TPSA) is 66.8 Å². The first-order valence-corrected chi connectivity index (χ1v) is 6.48. The first-order chi connectivity index (χ1) is 10.1. The van der Waals surface area contributed by atoms with Crippen molar-refractivity contribution in [2.45, 2.75) is 13.5 Å². The zero-order chi connectivity index (χ0) is 15.2. The predicted molar refractivity (Wildman–Crippen MR) is 80.3 cm³/mol. The fraction of sp³-hybridized carbons (Fsp3) is 0.118. The second-order valence-corrected chi connectivity index (χ2v) is 4.60. The summed E-state index contributed by atoms with van der Waals surface area (Å²) in [4.78, 5) is 10.5. The third-order valence-electron chi connectivity index (χ3n) is 2.96. The van der Waals surface area contributed by atoms with Crippen LogP contribution in [0.25, 0.3) is 6.08 Å². The number of aryl methyl sites for hydroxylation is 1. The Balaban J connectivity index is 2.21. The van der Waals surface area contributed by atoms with Crippen molar-refractivity contribution in [1.82, 2.24) is 0 Å². The quantitative estimate of drug-likeness (QED) is 0.826. The number of carboxylic acid groups (broad SMARTS) is 1. The summed E-state index contributed by atoms with van der Waals surface area (Å²) >= 11 is 0. The van der Waals surface area contributed by atoms with Gasteiger partial charge in [0.15, 0.2) is 0 Å². The Hall–Kier alpha value is -2.59. The van der Waals surface area contributed by atoms with Crippen molar-refractivity contribution in [3.05, 3.63) is 65.2 Å². The smallest absolute Gasteiger partial charge is 0.328 e. The van der Waals surface area contributed by atoms with Crippen LogP contribution < -0.4 is 4.74 Å². The van der Waals surface area contributed by atoms with Gasteiger partial charge in [0.25, 0.3) is 0 Å². The number of carbonyl (C=O) groups is 1. The summed E-state index contributed by atoms with van der Waals surface area (Å²) in [6.07, 6.45) is 2.61. The maximum atomic E-state index is 10.5. The molecule has 0 aromatic heterocycles. The lowest BCUT2D eigenvalue weighted by atomic mass is 10.1. The Morgan fingerprint density at radius 2 is 1.90 bits per heavy atom. The van der Waals surface area contributed by atoms with Crippen LogP contribution in [0.15, 0.2) is 48.5 Å². The third-order valence-corrected chi connectivity index (χ3v) is 2.96. The molecule has 0 saturated carbocycles. The van der Waals surface area contributed by atoms with Crippen LogP contribution in [0.5, 0.6) is 11.5 Å². The monoisotopic (exact) mass is 284 g/mol. The van der Waals surface area contributed by atoms with E-state index in [9.17, 15) is 4.79 Å². The molecule has 0 unspecified atom stereocenters. The number of ether oxygens (including phenoxy) is 1. The number of hydrogen-bond acceptors (Lipinski definition) is 3. The number of aliphatic hydroxyl groups is 1. The fourth-order valence-corrected chi connectivity index (χ4v) is 1.79. The summed E-state index contributed by atoms with van der Waals surface area (Å²) in [7, 11) is 0. The number of rotatable bonds is 5. The van der Waals surface area contributed by atoms with Gasteiger partial charge in [0, 0.05) is 6.08 Å². The number of aliphatic hydroxyl groups excluding tert-OH is 1. The fourth-order valence-electron chi connectivity index (χ4n) is 1.79. The molecule has 0 radical (unpaired) electrons. The molecule has 0 heterocycles. The third kappa shape index (κ3) is 4.19. The molecular formula is C17H16O4. The van der Waals surface area contributed by atoms with Crippen molar-refractivity contribution in [2.24, 2.45) is 0 Å². The molecule has 4 nitrogen and oxygen atoms in total. The molecule has 0 aliphatic rings. The number of aliphatic carboxylic acids is 1. The van der Waals surface area contributed by atoms with Crippen molar-refractivity contribution < 1.29 is 19.7 Å². The zero-order valence-corrected chi connectivity index (χ0v) is 11.6. The van der Waals surface area contributed by atoms with E-state index in [0.29, 0.717) is 11.5 Å². The van der Waals surface area contributed by atoms with Gasteiger partial charge in [-0.15, -0.1) is 0 Å². The molecule has 0 atom stereocenters. The van der Waals surface area contributed by atoms with Gasteiger partial charge >= 0.3 is 5.97 Å². The summed E-state index contributed by atoms with van der Waals surface area (Å²) in [5.74, 6) is 0.339. The molecule has 0 spiro atoms. The van der Waals surface area contributed by atoms with Crippen LogP contribution in [0.3, 0.4) is 0 Å². The van der Waals surface area contributed by atoms with E-state index in [0.717, 1.165) is 22.8 Å². The van der Waals surface area contributed by atoms with E-state index >= 15 is 0 Å². The predicted octanol–water partition coefficient (Wildman–Crippen LogP) is 3.38. The van der Waals surface area contributed by atoms with Crippen LogP contribution in [0.2, 0.25) is 0 Å². The molecular weight excluding hydrogens is 268 g/mol. The standard InChI is InChI=1S/C17H16O4/c1-12-2-3-13(6-9-17(19)20)10-16(12)21-15-7-4-14(11-18)5-8-15/h2-10,18H,11H2,1H3,(H,19,20)/b9-6+. The van der Waals surface area contributed by atoms with Gasteiger partial charge in [-0.2, -0.15) is 0 Å². The molecule has 2 aromatic rings. The molecule has 0 fully saturated rings. The number of carboxylic acids is 1. The van der Waals surface area contributed by atoms with E-state index in [1.54, 1.807) is 30.3 Å². The van der Waals surface area contributed by atoms with Gasteiger partial charge in [-0.05, 0) is 47.9 Å². The van der Waals surface area contributed by atoms with E-state index < -0.39 is 5.97 Å². The average Bonchev–Trinajstić information content (AvgIpc) is 2.48. The van der Waals surface area contributed by atoms with Crippen molar-refractivity contribution in [3.63, 3.8) is 0 Å². The lowest BCUT2D eigenvalue weighted by Gasteiger charge is -2.10. The minimum Gasteiger partial charge on any atom is -0.478 e. The lowest BCUT2D eigenvalue weighted by Crippen LogP contribution is -1.90. The van der Waals surface area contributed by atoms with Crippen molar-refractivity contribution in [3.8, 4) is 11.5 Å². The van der Waals surface area contributed by atoms with Gasteiger partial charge < -0.3 is 14.9 Å². The molecule has 108 valence electrons. The largest absolute Gasteiger partial charge is 0.478 e. The van der Waals surface area contributed by atoms with Crippen LogP contribution in [-0.4, -0.2) is 16.2 Å². The normalized spacial score (nSPS) is 10.8. The molecule has 2 N–H and O–H groups in total. The van der Waals surface area contributed by atoms with Crippen LogP contribution in [0, 0.1) is 6.92 Å². The van der Waals surface area contributed by atoms with Crippen molar-refractivity contribution in [1.29, 1.82) is 0 Å². The Bertz CT molecular complexity index is 657. The second-order valence-electron chi connectivity index (χ2n) is 4.60. The number of hydrogen-bond donors (Lipinski definition) is 2. The maximum absolute atomic E-state index is 10.5. The Morgan fingerprint density at radius 1 is 1.19 bits per heavy atom. The van der Waals surface area contributed by atoms with Gasteiger partial charge in [0.05, 0.1) is 6.61 Å². The second kappa shape index (κ2) is 6.72. The van der Waals surface area contributed by atoms with Crippen LogP contribution in [0.4, 0.5) is 0 Å². The van der Waals surface area contributed by atoms with Gasteiger partial charge in [0.2, 0.25) is 0 Å². The Morgan fingerprint density at radius 3 is 2.52 bits per heavy atom.